The van der Waals surface area contributed by atoms with Crippen molar-refractivity contribution >= 4 is 37.6 Å². The van der Waals surface area contributed by atoms with E-state index < -0.39 is 0 Å². The van der Waals surface area contributed by atoms with Crippen LogP contribution < -0.4 is 5.32 Å². The standard InChI is InChI=1S/C23H26N4O2S/c1-4-5-8-17-16-12-29-23(2,3)10-15(16)18-19-20(30-22(18)27-17)21(26-13-25-19)24-11-14-7-6-9-28-14/h6-7,9,13H,4-5,8,10-12H2,1-3H3,(H,24,25,26). The van der Waals surface area contributed by atoms with Crippen molar-refractivity contribution in [1.82, 2.24) is 15.0 Å². The van der Waals surface area contributed by atoms with Crippen LogP contribution in [0, 0.1) is 0 Å². The minimum Gasteiger partial charge on any atom is -0.467 e. The van der Waals surface area contributed by atoms with Gasteiger partial charge in [-0.2, -0.15) is 0 Å². The highest BCUT2D eigenvalue weighted by Crippen LogP contribution is 2.42. The molecule has 0 bridgehead atoms. The van der Waals surface area contributed by atoms with Crippen molar-refractivity contribution < 1.29 is 9.15 Å². The van der Waals surface area contributed by atoms with Crippen molar-refractivity contribution in [3.05, 3.63) is 47.3 Å². The molecule has 0 spiro atoms. The number of ether oxygens (including phenoxy) is 1. The molecule has 7 heteroatoms. The number of thiophene rings is 1. The van der Waals surface area contributed by atoms with Gasteiger partial charge >= 0.3 is 0 Å². The zero-order valence-electron chi connectivity index (χ0n) is 17.6. The molecule has 1 N–H and O–H groups in total. The van der Waals surface area contributed by atoms with E-state index in [1.54, 1.807) is 23.9 Å². The molecule has 4 aromatic heterocycles. The maximum absolute atomic E-state index is 6.16. The van der Waals surface area contributed by atoms with Crippen LogP contribution in [0.15, 0.2) is 29.1 Å². The van der Waals surface area contributed by atoms with E-state index in [9.17, 15) is 0 Å². The maximum atomic E-state index is 6.16. The second kappa shape index (κ2) is 7.63. The molecule has 0 fully saturated rings. The van der Waals surface area contributed by atoms with Crippen LogP contribution in [0.25, 0.3) is 20.4 Å². The quantitative estimate of drug-likeness (QED) is 0.434. The van der Waals surface area contributed by atoms with Gasteiger partial charge in [0.2, 0.25) is 0 Å². The summed E-state index contributed by atoms with van der Waals surface area (Å²) in [5.74, 6) is 1.70. The molecule has 1 aliphatic heterocycles. The van der Waals surface area contributed by atoms with Crippen LogP contribution in [-0.4, -0.2) is 20.6 Å². The third-order valence-electron chi connectivity index (χ3n) is 5.69. The average molecular weight is 423 g/mol. The Morgan fingerprint density at radius 1 is 1.23 bits per heavy atom. The fourth-order valence-corrected chi connectivity index (χ4v) is 5.28. The van der Waals surface area contributed by atoms with Crippen LogP contribution in [0.1, 0.15) is 56.2 Å². The molecule has 1 aliphatic rings. The number of rotatable bonds is 6. The zero-order chi connectivity index (χ0) is 20.7. The number of aromatic nitrogens is 3. The van der Waals surface area contributed by atoms with Gasteiger partial charge in [0, 0.05) is 23.1 Å². The topological polar surface area (TPSA) is 73.1 Å². The molecule has 0 atom stereocenters. The smallest absolute Gasteiger partial charge is 0.147 e. The minimum absolute atomic E-state index is 0.190. The molecule has 4 aromatic rings. The zero-order valence-corrected chi connectivity index (χ0v) is 18.4. The Morgan fingerprint density at radius 2 is 2.13 bits per heavy atom. The van der Waals surface area contributed by atoms with Crippen LogP contribution in [-0.2, 0) is 30.7 Å². The Hall–Kier alpha value is -2.51. The van der Waals surface area contributed by atoms with Crippen LogP contribution in [0.4, 0.5) is 5.82 Å². The molecule has 0 unspecified atom stereocenters. The molecule has 6 nitrogen and oxygen atoms in total. The molecule has 0 saturated carbocycles. The van der Waals surface area contributed by atoms with Crippen LogP contribution in [0.3, 0.4) is 0 Å². The van der Waals surface area contributed by atoms with Crippen LogP contribution in [0.2, 0.25) is 0 Å². The molecule has 0 aromatic carbocycles. The lowest BCUT2D eigenvalue weighted by atomic mass is 9.88. The Balaban J connectivity index is 1.66. The second-order valence-electron chi connectivity index (χ2n) is 8.46. The van der Waals surface area contributed by atoms with E-state index in [1.807, 2.05) is 12.1 Å². The number of hydrogen-bond donors (Lipinski definition) is 1. The molecule has 30 heavy (non-hydrogen) atoms. The van der Waals surface area contributed by atoms with E-state index in [1.165, 1.54) is 22.2 Å². The Morgan fingerprint density at radius 3 is 2.93 bits per heavy atom. The highest BCUT2D eigenvalue weighted by atomic mass is 32.1. The van der Waals surface area contributed by atoms with Gasteiger partial charge in [-0.25, -0.2) is 15.0 Å². The van der Waals surface area contributed by atoms with Crippen LogP contribution in [0.5, 0.6) is 0 Å². The molecule has 0 amide bonds. The number of furan rings is 1. The van der Waals surface area contributed by atoms with E-state index in [4.69, 9.17) is 14.1 Å². The van der Waals surface area contributed by atoms with E-state index in [0.717, 1.165) is 52.3 Å². The summed E-state index contributed by atoms with van der Waals surface area (Å²) in [5, 5.41) is 4.58. The van der Waals surface area contributed by atoms with Gasteiger partial charge in [-0.15, -0.1) is 11.3 Å². The van der Waals surface area contributed by atoms with Gasteiger partial charge in [-0.3, -0.25) is 0 Å². The van der Waals surface area contributed by atoms with E-state index in [0.29, 0.717) is 13.2 Å². The molecule has 5 rings (SSSR count). The van der Waals surface area contributed by atoms with Gasteiger partial charge in [0.25, 0.3) is 0 Å². The summed E-state index contributed by atoms with van der Waals surface area (Å²) in [5.41, 5.74) is 4.59. The Kier molecular flexibility index (Phi) is 4.95. The van der Waals surface area contributed by atoms with Gasteiger partial charge in [-0.1, -0.05) is 13.3 Å². The molecule has 0 aliphatic carbocycles. The van der Waals surface area contributed by atoms with Gasteiger partial charge in [0.15, 0.2) is 0 Å². The number of fused-ring (bicyclic) bond motifs is 5. The Labute approximate surface area is 179 Å². The largest absolute Gasteiger partial charge is 0.467 e. The lowest BCUT2D eigenvalue weighted by Gasteiger charge is -2.33. The van der Waals surface area contributed by atoms with Gasteiger partial charge in [0.05, 0.1) is 35.2 Å². The lowest BCUT2D eigenvalue weighted by molar-refractivity contribution is -0.0401. The van der Waals surface area contributed by atoms with E-state index >= 15 is 0 Å². The average Bonchev–Trinajstić information content (AvgIpc) is 3.37. The number of unbranched alkanes of at least 4 members (excludes halogenated alkanes) is 1. The number of hydrogen-bond acceptors (Lipinski definition) is 7. The first-order valence-electron chi connectivity index (χ1n) is 10.5. The van der Waals surface area contributed by atoms with Crippen molar-refractivity contribution in [3.63, 3.8) is 0 Å². The molecule has 0 radical (unpaired) electrons. The Bertz CT molecular complexity index is 1200. The van der Waals surface area contributed by atoms with Gasteiger partial charge in [-0.05, 0) is 44.4 Å². The fourth-order valence-electron chi connectivity index (χ4n) is 4.13. The van der Waals surface area contributed by atoms with Crippen molar-refractivity contribution in [2.75, 3.05) is 5.32 Å². The normalized spacial score (nSPS) is 15.6. The molecule has 5 heterocycles. The van der Waals surface area contributed by atoms with Crippen LogP contribution >= 0.6 is 11.3 Å². The maximum Gasteiger partial charge on any atom is 0.147 e. The predicted octanol–water partition coefficient (Wildman–Crippen LogP) is 5.64. The summed E-state index contributed by atoms with van der Waals surface area (Å²) < 4.78 is 12.7. The van der Waals surface area contributed by atoms with Crippen molar-refractivity contribution in [1.29, 1.82) is 0 Å². The number of aryl methyl sites for hydroxylation is 1. The molecular formula is C23H26N4O2S. The first-order chi connectivity index (χ1) is 14.6. The number of anilines is 1. The van der Waals surface area contributed by atoms with E-state index in [-0.39, 0.29) is 5.60 Å². The van der Waals surface area contributed by atoms with Gasteiger partial charge < -0.3 is 14.5 Å². The summed E-state index contributed by atoms with van der Waals surface area (Å²) in [6, 6.07) is 3.85. The first kappa shape index (κ1) is 19.5. The SMILES string of the molecule is CCCCc1nc2sc3c(NCc4ccco4)ncnc3c2c2c1COC(C)(C)C2. The summed E-state index contributed by atoms with van der Waals surface area (Å²) in [7, 11) is 0. The van der Waals surface area contributed by atoms with Gasteiger partial charge in [0.1, 0.15) is 22.7 Å². The lowest BCUT2D eigenvalue weighted by Crippen LogP contribution is -2.32. The highest BCUT2D eigenvalue weighted by Gasteiger charge is 2.31. The van der Waals surface area contributed by atoms with Crippen molar-refractivity contribution in [2.45, 2.75) is 65.2 Å². The van der Waals surface area contributed by atoms with E-state index in [2.05, 4.69) is 36.1 Å². The number of nitrogens with one attached hydrogen (secondary N) is 1. The summed E-state index contributed by atoms with van der Waals surface area (Å²) >= 11 is 1.68. The monoisotopic (exact) mass is 422 g/mol. The molecule has 0 saturated heterocycles. The third kappa shape index (κ3) is 3.46. The number of nitrogens with zero attached hydrogens (tertiary/aromatic N) is 3. The molecular weight excluding hydrogens is 396 g/mol. The fraction of sp³-hybridized carbons (Fsp3) is 0.435. The summed E-state index contributed by atoms with van der Waals surface area (Å²) in [6.07, 6.45) is 7.47. The minimum atomic E-state index is -0.190. The summed E-state index contributed by atoms with van der Waals surface area (Å²) in [6.45, 7) is 7.75. The number of pyridine rings is 1. The first-order valence-corrected chi connectivity index (χ1v) is 11.4. The third-order valence-corrected chi connectivity index (χ3v) is 6.77. The summed E-state index contributed by atoms with van der Waals surface area (Å²) in [4.78, 5) is 15.3. The second-order valence-corrected chi connectivity index (χ2v) is 9.46. The van der Waals surface area contributed by atoms with Crippen molar-refractivity contribution in [2.24, 2.45) is 0 Å². The molecule has 156 valence electrons. The highest BCUT2D eigenvalue weighted by molar-refractivity contribution is 7.26. The van der Waals surface area contributed by atoms with Crippen molar-refractivity contribution in [3.8, 4) is 0 Å². The predicted molar refractivity (Wildman–Crippen MR) is 120 cm³/mol.